The van der Waals surface area contributed by atoms with Crippen molar-refractivity contribution in [3.63, 3.8) is 0 Å². The molecule has 3 aromatic carbocycles. The summed E-state index contributed by atoms with van der Waals surface area (Å²) in [6.45, 7) is 5.88. The van der Waals surface area contributed by atoms with E-state index in [-0.39, 0.29) is 5.91 Å². The topological polar surface area (TPSA) is 46.3 Å². The first kappa shape index (κ1) is 20.5. The number of nitrogens with zero attached hydrogens (tertiary/aromatic N) is 1. The van der Waals surface area contributed by atoms with Gasteiger partial charge in [0.1, 0.15) is 0 Å². The van der Waals surface area contributed by atoms with Crippen LogP contribution in [0.5, 0.6) is 0 Å². The normalized spacial score (nSPS) is 14.7. The van der Waals surface area contributed by atoms with Gasteiger partial charge in [-0.25, -0.2) is 0 Å². The van der Waals surface area contributed by atoms with E-state index in [1.165, 1.54) is 27.8 Å². The van der Waals surface area contributed by atoms with E-state index >= 15 is 0 Å². The van der Waals surface area contributed by atoms with E-state index in [0.717, 1.165) is 25.9 Å². The number of carbonyl (C=O) groups excluding carboxylic acids is 1. The lowest BCUT2D eigenvalue weighted by Gasteiger charge is -2.32. The summed E-state index contributed by atoms with van der Waals surface area (Å²) in [5, 5.41) is 0. The van der Waals surface area contributed by atoms with Crippen LogP contribution in [0, 0.1) is 13.8 Å². The van der Waals surface area contributed by atoms with Crippen LogP contribution in [-0.4, -0.2) is 23.9 Å². The summed E-state index contributed by atoms with van der Waals surface area (Å²) in [7, 11) is 0. The van der Waals surface area contributed by atoms with Gasteiger partial charge in [-0.15, -0.1) is 12.6 Å². The van der Waals surface area contributed by atoms with Crippen molar-refractivity contribution in [2.45, 2.75) is 37.5 Å². The Morgan fingerprint density at radius 1 is 1.00 bits per heavy atom. The van der Waals surface area contributed by atoms with Crippen LogP contribution in [0.25, 0.3) is 11.1 Å². The van der Waals surface area contributed by atoms with E-state index < -0.39 is 0 Å². The first-order chi connectivity index (χ1) is 14.4. The highest BCUT2D eigenvalue weighted by atomic mass is 32.1. The Kier molecular flexibility index (Phi) is 5.87. The fraction of sp³-hybridized carbons (Fsp3) is 0.269. The minimum absolute atomic E-state index is 0.0544. The highest BCUT2D eigenvalue weighted by Crippen LogP contribution is 2.32. The lowest BCUT2D eigenvalue weighted by Crippen LogP contribution is -2.37. The molecule has 30 heavy (non-hydrogen) atoms. The van der Waals surface area contributed by atoms with Crippen molar-refractivity contribution in [1.82, 2.24) is 4.90 Å². The lowest BCUT2D eigenvalue weighted by molar-refractivity contribution is 0.0713. The number of nitrogens with two attached hydrogens (primary N) is 1. The van der Waals surface area contributed by atoms with E-state index in [1.54, 1.807) is 18.2 Å². The Labute approximate surface area is 184 Å². The number of likely N-dealkylation sites (tertiary alicyclic amines) is 1. The maximum Gasteiger partial charge on any atom is 0.253 e. The largest absolute Gasteiger partial charge is 0.398 e. The lowest BCUT2D eigenvalue weighted by atomic mass is 9.87. The minimum atomic E-state index is 0.0544. The van der Waals surface area contributed by atoms with Gasteiger partial charge in [-0.1, -0.05) is 42.5 Å². The van der Waals surface area contributed by atoms with Gasteiger partial charge >= 0.3 is 0 Å². The second-order valence-corrected chi connectivity index (χ2v) is 8.69. The third-order valence-electron chi connectivity index (χ3n) is 6.35. The second kappa shape index (κ2) is 8.57. The molecule has 2 N–H and O–H groups in total. The van der Waals surface area contributed by atoms with E-state index in [1.807, 2.05) is 4.90 Å². The number of benzene rings is 3. The third kappa shape index (κ3) is 4.10. The molecule has 0 aromatic heterocycles. The molecule has 1 fully saturated rings. The van der Waals surface area contributed by atoms with Crippen LogP contribution in [0.3, 0.4) is 0 Å². The summed E-state index contributed by atoms with van der Waals surface area (Å²) < 4.78 is 0. The Balaban J connectivity index is 1.42. The van der Waals surface area contributed by atoms with Crippen LogP contribution in [0.1, 0.15) is 45.8 Å². The van der Waals surface area contributed by atoms with Crippen LogP contribution in [0.2, 0.25) is 0 Å². The zero-order valence-corrected chi connectivity index (χ0v) is 18.5. The second-order valence-electron chi connectivity index (χ2n) is 8.21. The van der Waals surface area contributed by atoms with E-state index in [4.69, 9.17) is 5.73 Å². The monoisotopic (exact) mass is 416 g/mol. The van der Waals surface area contributed by atoms with Gasteiger partial charge in [0.2, 0.25) is 0 Å². The van der Waals surface area contributed by atoms with E-state index in [0.29, 0.717) is 22.1 Å². The van der Waals surface area contributed by atoms with Crippen LogP contribution >= 0.6 is 12.6 Å². The van der Waals surface area contributed by atoms with Crippen LogP contribution in [0.4, 0.5) is 5.69 Å². The van der Waals surface area contributed by atoms with Crippen LogP contribution in [0.15, 0.2) is 65.6 Å². The van der Waals surface area contributed by atoms with E-state index in [2.05, 4.69) is 68.9 Å². The number of nitrogen functional groups attached to an aromatic ring is 1. The number of thiol groups is 1. The smallest absolute Gasteiger partial charge is 0.253 e. The van der Waals surface area contributed by atoms with Crippen molar-refractivity contribution in [3.8, 4) is 11.1 Å². The fourth-order valence-corrected chi connectivity index (χ4v) is 4.42. The maximum absolute atomic E-state index is 12.8. The molecular formula is C26H28N2OS. The summed E-state index contributed by atoms with van der Waals surface area (Å²) in [5.41, 5.74) is 13.7. The molecule has 0 radical (unpaired) electrons. The molecule has 4 rings (SSSR count). The molecule has 1 saturated heterocycles. The molecule has 0 atom stereocenters. The van der Waals surface area contributed by atoms with Gasteiger partial charge in [0, 0.05) is 29.2 Å². The molecule has 1 aliphatic heterocycles. The maximum atomic E-state index is 12.8. The quantitative estimate of drug-likeness (QED) is 0.415. The standard InChI is InChI=1S/C26H28N2OS/c1-17-4-3-5-23(18(17)2)21-8-6-19(7-9-21)20-12-14-28(15-13-20)26(29)22-10-11-25(30)24(27)16-22/h3-11,16,20,30H,12-15,27H2,1-2H3. The van der Waals surface area contributed by atoms with Crippen LogP contribution in [-0.2, 0) is 0 Å². The predicted octanol–water partition coefficient (Wildman–Crippen LogP) is 5.86. The SMILES string of the molecule is Cc1cccc(-c2ccc(C3CCN(C(=O)c4ccc(S)c(N)c4)CC3)cc2)c1C. The van der Waals surface area contributed by atoms with Gasteiger partial charge < -0.3 is 10.6 Å². The number of aryl methyl sites for hydroxylation is 1. The number of hydrogen-bond acceptors (Lipinski definition) is 3. The van der Waals surface area contributed by atoms with Gasteiger partial charge in [-0.3, -0.25) is 4.79 Å². The Morgan fingerprint density at radius 2 is 1.70 bits per heavy atom. The Bertz CT molecular complexity index is 1070. The van der Waals surface area contributed by atoms with Gasteiger partial charge in [-0.05, 0) is 78.6 Å². The Hall–Kier alpha value is -2.72. The highest BCUT2D eigenvalue weighted by Gasteiger charge is 2.25. The van der Waals surface area contributed by atoms with Crippen molar-refractivity contribution >= 4 is 24.2 Å². The average molecular weight is 417 g/mol. The molecule has 0 spiro atoms. The van der Waals surface area contributed by atoms with Crippen LogP contribution < -0.4 is 5.73 Å². The highest BCUT2D eigenvalue weighted by molar-refractivity contribution is 7.80. The number of carbonyl (C=O) groups is 1. The minimum Gasteiger partial charge on any atom is -0.398 e. The molecule has 0 saturated carbocycles. The predicted molar refractivity (Wildman–Crippen MR) is 127 cm³/mol. The number of rotatable bonds is 3. The molecule has 3 nitrogen and oxygen atoms in total. The first-order valence-corrected chi connectivity index (χ1v) is 10.9. The molecule has 4 heteroatoms. The molecule has 0 bridgehead atoms. The number of hydrogen-bond donors (Lipinski definition) is 2. The zero-order chi connectivity index (χ0) is 21.3. The number of amides is 1. The Morgan fingerprint density at radius 3 is 2.37 bits per heavy atom. The van der Waals surface area contributed by atoms with Crippen molar-refractivity contribution < 1.29 is 4.79 Å². The van der Waals surface area contributed by atoms with Crippen molar-refractivity contribution in [2.75, 3.05) is 18.8 Å². The summed E-state index contributed by atoms with van der Waals surface area (Å²) >= 11 is 4.28. The molecule has 0 unspecified atom stereocenters. The van der Waals surface area contributed by atoms with Crippen molar-refractivity contribution in [2.24, 2.45) is 0 Å². The van der Waals surface area contributed by atoms with E-state index in [9.17, 15) is 4.79 Å². The fourth-order valence-electron chi connectivity index (χ4n) is 4.28. The van der Waals surface area contributed by atoms with Crippen molar-refractivity contribution in [3.05, 3.63) is 82.9 Å². The van der Waals surface area contributed by atoms with Crippen molar-refractivity contribution in [1.29, 1.82) is 0 Å². The zero-order valence-electron chi connectivity index (χ0n) is 17.6. The summed E-state index contributed by atoms with van der Waals surface area (Å²) in [4.78, 5) is 15.5. The van der Waals surface area contributed by atoms with Gasteiger partial charge in [0.25, 0.3) is 5.91 Å². The van der Waals surface area contributed by atoms with Gasteiger partial charge in [-0.2, -0.15) is 0 Å². The molecular weight excluding hydrogens is 388 g/mol. The number of piperidine rings is 1. The third-order valence-corrected chi connectivity index (χ3v) is 6.76. The number of anilines is 1. The molecule has 1 heterocycles. The molecule has 154 valence electrons. The summed E-state index contributed by atoms with van der Waals surface area (Å²) in [6, 6.07) is 20.8. The summed E-state index contributed by atoms with van der Waals surface area (Å²) in [6.07, 6.45) is 1.96. The first-order valence-electron chi connectivity index (χ1n) is 10.5. The molecule has 1 aliphatic rings. The average Bonchev–Trinajstić information content (AvgIpc) is 2.77. The van der Waals surface area contributed by atoms with Gasteiger partial charge in [0.15, 0.2) is 0 Å². The molecule has 1 amide bonds. The molecule has 0 aliphatic carbocycles. The molecule has 3 aromatic rings. The summed E-state index contributed by atoms with van der Waals surface area (Å²) in [5.74, 6) is 0.547. The van der Waals surface area contributed by atoms with Gasteiger partial charge in [0.05, 0.1) is 0 Å².